The van der Waals surface area contributed by atoms with E-state index in [1.54, 1.807) is 30.3 Å². The Kier molecular flexibility index (Phi) is 6.16. The molecule has 0 radical (unpaired) electrons. The van der Waals surface area contributed by atoms with Crippen molar-refractivity contribution in [2.45, 2.75) is 0 Å². The standard InChI is InChI=1S/C57H36N4S/c1-2-14-37(15-3-1)38-28-30-39(31-29-38)40-32-34-41(35-33-40)55-58-56(43-17-12-16-42(36-43)44-22-13-23-48-47-20-7-11-27-53(47)62-54(44)48)60-57(59-55)49-21-6-10-26-52(49)61-50-24-8-4-18-45(50)46-19-5-9-25-51(46)61/h1-36H/i4D,5D,7D,8D,13D,18D,19D,20D,23D,24D,25D,27D. The van der Waals surface area contributed by atoms with Gasteiger partial charge in [-0.3, -0.25) is 0 Å². The third-order valence-corrected chi connectivity index (χ3v) is 12.2. The van der Waals surface area contributed by atoms with Crippen molar-refractivity contribution in [3.8, 4) is 73.2 Å². The molecular formula is C57H36N4S. The summed E-state index contributed by atoms with van der Waals surface area (Å²) < 4.78 is 108. The molecule has 0 N–H and O–H groups in total. The smallest absolute Gasteiger partial charge is 0.166 e. The number of rotatable bonds is 7. The van der Waals surface area contributed by atoms with Crippen LogP contribution in [0.1, 0.15) is 16.4 Å². The van der Waals surface area contributed by atoms with Crippen LogP contribution in [0.15, 0.2) is 218 Å². The molecule has 0 aliphatic heterocycles. The van der Waals surface area contributed by atoms with Gasteiger partial charge in [0.25, 0.3) is 0 Å². The Labute approximate surface area is 379 Å². The number of benzene rings is 9. The fraction of sp³-hybridized carbons (Fsp3) is 0. The number of nitrogens with zero attached hydrogens (tertiary/aromatic N) is 4. The van der Waals surface area contributed by atoms with Crippen LogP contribution >= 0.6 is 11.3 Å². The molecule has 9 aromatic carbocycles. The Morgan fingerprint density at radius 1 is 0.371 bits per heavy atom. The fourth-order valence-electron chi connectivity index (χ4n) is 8.08. The molecule has 0 saturated carbocycles. The molecule has 12 rings (SSSR count). The third kappa shape index (κ3) is 6.18. The maximum absolute atomic E-state index is 9.20. The first-order valence-electron chi connectivity index (χ1n) is 25.9. The van der Waals surface area contributed by atoms with E-state index in [4.69, 9.17) is 30.0 Å². The molecule has 0 aliphatic rings. The summed E-state index contributed by atoms with van der Waals surface area (Å²) in [5.74, 6) is 0.717. The van der Waals surface area contributed by atoms with Crippen LogP contribution in [0, 0.1) is 0 Å². The molecule has 3 aromatic heterocycles. The lowest BCUT2D eigenvalue weighted by Gasteiger charge is -2.15. The van der Waals surface area contributed by atoms with Crippen molar-refractivity contribution in [3.05, 3.63) is 218 Å². The van der Waals surface area contributed by atoms with E-state index in [0.717, 1.165) is 22.3 Å². The number of hydrogen-bond donors (Lipinski definition) is 0. The lowest BCUT2D eigenvalue weighted by Crippen LogP contribution is -2.03. The molecule has 0 fully saturated rings. The van der Waals surface area contributed by atoms with E-state index in [-0.39, 0.29) is 87.8 Å². The quantitative estimate of drug-likeness (QED) is 0.161. The zero-order valence-electron chi connectivity index (χ0n) is 44.6. The molecule has 0 bridgehead atoms. The van der Waals surface area contributed by atoms with Gasteiger partial charge in [0.05, 0.1) is 33.2 Å². The van der Waals surface area contributed by atoms with Crippen LogP contribution in [-0.2, 0) is 0 Å². The molecule has 0 aliphatic carbocycles. The maximum Gasteiger partial charge on any atom is 0.166 e. The van der Waals surface area contributed by atoms with Gasteiger partial charge in [-0.2, -0.15) is 0 Å². The first-order chi connectivity index (χ1) is 35.7. The fourth-order valence-corrected chi connectivity index (χ4v) is 9.19. The summed E-state index contributed by atoms with van der Waals surface area (Å²) in [5.41, 5.74) is 7.49. The summed E-state index contributed by atoms with van der Waals surface area (Å²) in [4.78, 5) is 15.3. The molecular weight excluding hydrogens is 773 g/mol. The number of aromatic nitrogens is 4. The Morgan fingerprint density at radius 3 is 1.73 bits per heavy atom. The van der Waals surface area contributed by atoms with Gasteiger partial charge in [-0.25, -0.2) is 15.0 Å². The molecule has 4 nitrogen and oxygen atoms in total. The SMILES string of the molecule is [2H]c1cc([2H])c2sc3c(-c4cccc(-c5nc(-c6ccc(-c7ccc(-c8ccccc8)cc7)cc6)nc(-c6ccccc6-n6c7c([2H])cc([2H])c([2H])c7c7c([2H])c([2H])c([2H])c([2H])c76)n5)c4)cc([2H])c([2H])c3c2c1[2H]. The Bertz CT molecular complexity index is 4330. The largest absolute Gasteiger partial charge is 0.309 e. The van der Waals surface area contributed by atoms with Gasteiger partial charge in [-0.1, -0.05) is 182 Å². The zero-order chi connectivity index (χ0) is 51.4. The normalized spacial score (nSPS) is 14.3. The molecule has 3 heterocycles. The minimum Gasteiger partial charge on any atom is -0.309 e. The summed E-state index contributed by atoms with van der Waals surface area (Å²) in [6.45, 7) is 0. The third-order valence-electron chi connectivity index (χ3n) is 11.0. The van der Waals surface area contributed by atoms with Crippen molar-refractivity contribution in [1.29, 1.82) is 0 Å². The van der Waals surface area contributed by atoms with Crippen molar-refractivity contribution in [3.63, 3.8) is 0 Å². The highest BCUT2D eigenvalue weighted by Gasteiger charge is 2.20. The Balaban J connectivity index is 1.07. The molecule has 0 saturated heterocycles. The molecule has 5 heteroatoms. The van der Waals surface area contributed by atoms with Gasteiger partial charge in [0, 0.05) is 47.6 Å². The highest BCUT2D eigenvalue weighted by atomic mass is 32.1. The van der Waals surface area contributed by atoms with Gasteiger partial charge >= 0.3 is 0 Å². The number of hydrogen-bond acceptors (Lipinski definition) is 4. The molecule has 0 amide bonds. The molecule has 290 valence electrons. The summed E-state index contributed by atoms with van der Waals surface area (Å²) >= 11 is 1.24. The first-order valence-corrected chi connectivity index (χ1v) is 20.7. The second kappa shape index (κ2) is 14.9. The van der Waals surface area contributed by atoms with Gasteiger partial charge in [0.1, 0.15) is 0 Å². The highest BCUT2D eigenvalue weighted by molar-refractivity contribution is 7.26. The average Bonchev–Trinajstić information content (AvgIpc) is 4.03. The predicted molar refractivity (Wildman–Crippen MR) is 260 cm³/mol. The molecule has 0 atom stereocenters. The van der Waals surface area contributed by atoms with Gasteiger partial charge in [0.2, 0.25) is 0 Å². The van der Waals surface area contributed by atoms with Crippen LogP contribution in [0.3, 0.4) is 0 Å². The molecule has 62 heavy (non-hydrogen) atoms. The minimum atomic E-state index is -0.507. The van der Waals surface area contributed by atoms with E-state index in [1.807, 2.05) is 66.7 Å². The van der Waals surface area contributed by atoms with Crippen LogP contribution in [0.25, 0.3) is 115 Å². The lowest BCUT2D eigenvalue weighted by molar-refractivity contribution is 1.06. The van der Waals surface area contributed by atoms with Crippen LogP contribution < -0.4 is 0 Å². The molecule has 12 aromatic rings. The van der Waals surface area contributed by atoms with E-state index in [9.17, 15) is 1.37 Å². The lowest BCUT2D eigenvalue weighted by atomic mass is 9.99. The molecule has 0 spiro atoms. The number of para-hydroxylation sites is 3. The van der Waals surface area contributed by atoms with Crippen molar-refractivity contribution >= 4 is 53.3 Å². The zero-order valence-corrected chi connectivity index (χ0v) is 33.4. The summed E-state index contributed by atoms with van der Waals surface area (Å²) in [5, 5.41) is 0.694. The van der Waals surface area contributed by atoms with E-state index in [0.29, 0.717) is 59.5 Å². The predicted octanol–water partition coefficient (Wildman–Crippen LogP) is 15.3. The molecule has 0 unspecified atom stereocenters. The summed E-state index contributed by atoms with van der Waals surface area (Å²) in [7, 11) is 0. The minimum absolute atomic E-state index is 0.0112. The summed E-state index contributed by atoms with van der Waals surface area (Å²) in [6.07, 6.45) is 0. The van der Waals surface area contributed by atoms with Crippen molar-refractivity contribution < 1.29 is 16.4 Å². The monoisotopic (exact) mass is 820 g/mol. The van der Waals surface area contributed by atoms with E-state index >= 15 is 0 Å². The van der Waals surface area contributed by atoms with Crippen LogP contribution in [0.4, 0.5) is 0 Å². The van der Waals surface area contributed by atoms with Crippen LogP contribution in [0.5, 0.6) is 0 Å². The topological polar surface area (TPSA) is 43.6 Å². The van der Waals surface area contributed by atoms with Crippen molar-refractivity contribution in [2.75, 3.05) is 0 Å². The Morgan fingerprint density at radius 2 is 0.935 bits per heavy atom. The van der Waals surface area contributed by atoms with E-state index < -0.39 is 18.1 Å². The van der Waals surface area contributed by atoms with Crippen molar-refractivity contribution in [1.82, 2.24) is 19.5 Å². The first kappa shape index (κ1) is 25.6. The number of fused-ring (bicyclic) bond motifs is 6. The number of thiophene rings is 1. The van der Waals surface area contributed by atoms with Crippen LogP contribution in [-0.4, -0.2) is 19.5 Å². The Hall–Kier alpha value is -7.99. The second-order valence-electron chi connectivity index (χ2n) is 14.7. The van der Waals surface area contributed by atoms with Gasteiger partial charge in [-0.05, 0) is 69.7 Å². The van der Waals surface area contributed by atoms with Gasteiger partial charge in [0.15, 0.2) is 17.5 Å². The summed E-state index contributed by atoms with van der Waals surface area (Å²) in [6, 6.07) is 42.0. The highest BCUT2D eigenvalue weighted by Crippen LogP contribution is 2.41. The maximum atomic E-state index is 9.20. The van der Waals surface area contributed by atoms with Gasteiger partial charge in [-0.15, -0.1) is 11.3 Å². The van der Waals surface area contributed by atoms with E-state index in [2.05, 4.69) is 36.4 Å². The van der Waals surface area contributed by atoms with Crippen LogP contribution in [0.2, 0.25) is 0 Å². The second-order valence-corrected chi connectivity index (χ2v) is 15.7. The van der Waals surface area contributed by atoms with Gasteiger partial charge < -0.3 is 4.57 Å². The van der Waals surface area contributed by atoms with Crippen molar-refractivity contribution in [2.24, 2.45) is 0 Å². The average molecular weight is 821 g/mol. The van der Waals surface area contributed by atoms with E-state index in [1.165, 1.54) is 28.0 Å².